The normalized spacial score (nSPS) is 20.0. The standard InChI is InChI=1S/C23H28N2O4S/c1-17(2)18-7-9-21(10-8-18)30(27,28)25-13-11-24(12-14-25)23(26)20-15-19-5-3-4-6-22(19)29-16-20/h3-10,17,20H,11-16H2,1-2H3/t20-/m0/s1. The van der Waals surface area contributed by atoms with Crippen molar-refractivity contribution in [3.8, 4) is 5.75 Å². The summed E-state index contributed by atoms with van der Waals surface area (Å²) in [6, 6.07) is 14.9. The van der Waals surface area contributed by atoms with E-state index in [0.29, 0.717) is 50.0 Å². The van der Waals surface area contributed by atoms with Crippen LogP contribution in [0, 0.1) is 5.92 Å². The van der Waals surface area contributed by atoms with Crippen molar-refractivity contribution in [1.82, 2.24) is 9.21 Å². The number of hydrogen-bond donors (Lipinski definition) is 0. The van der Waals surface area contributed by atoms with Gasteiger partial charge < -0.3 is 9.64 Å². The molecule has 160 valence electrons. The van der Waals surface area contributed by atoms with Crippen LogP contribution in [0.5, 0.6) is 5.75 Å². The zero-order chi connectivity index (χ0) is 21.3. The molecule has 0 aromatic heterocycles. The van der Waals surface area contributed by atoms with E-state index in [1.165, 1.54) is 4.31 Å². The van der Waals surface area contributed by atoms with E-state index in [4.69, 9.17) is 4.74 Å². The fourth-order valence-electron chi connectivity index (χ4n) is 4.07. The molecule has 6 nitrogen and oxygen atoms in total. The number of piperazine rings is 1. The Morgan fingerprint density at radius 2 is 1.67 bits per heavy atom. The molecule has 1 fully saturated rings. The molecule has 1 saturated heterocycles. The number of fused-ring (bicyclic) bond motifs is 1. The number of ether oxygens (including phenoxy) is 1. The van der Waals surface area contributed by atoms with Gasteiger partial charge in [0.15, 0.2) is 0 Å². The number of carbonyl (C=O) groups is 1. The van der Waals surface area contributed by atoms with Crippen LogP contribution < -0.4 is 4.74 Å². The quantitative estimate of drug-likeness (QED) is 0.751. The number of amides is 1. The van der Waals surface area contributed by atoms with Gasteiger partial charge in [0.25, 0.3) is 0 Å². The highest BCUT2D eigenvalue weighted by Gasteiger charge is 2.34. The van der Waals surface area contributed by atoms with E-state index in [2.05, 4.69) is 13.8 Å². The number of para-hydroxylation sites is 1. The number of nitrogens with zero attached hydrogens (tertiary/aromatic N) is 2. The van der Waals surface area contributed by atoms with Crippen LogP contribution in [-0.4, -0.2) is 56.3 Å². The average molecular weight is 429 g/mol. The van der Waals surface area contributed by atoms with Gasteiger partial charge in [-0.2, -0.15) is 4.31 Å². The van der Waals surface area contributed by atoms with E-state index in [0.717, 1.165) is 16.9 Å². The number of benzene rings is 2. The smallest absolute Gasteiger partial charge is 0.243 e. The third kappa shape index (κ3) is 4.09. The van der Waals surface area contributed by atoms with Gasteiger partial charge in [-0.15, -0.1) is 0 Å². The predicted molar refractivity (Wildman–Crippen MR) is 115 cm³/mol. The predicted octanol–water partition coefficient (Wildman–Crippen LogP) is 2.89. The van der Waals surface area contributed by atoms with Crippen LogP contribution in [0.3, 0.4) is 0 Å². The molecule has 0 N–H and O–H groups in total. The van der Waals surface area contributed by atoms with Crippen LogP contribution in [0.25, 0.3) is 0 Å². The molecular weight excluding hydrogens is 400 g/mol. The van der Waals surface area contributed by atoms with E-state index in [1.807, 2.05) is 36.4 Å². The third-order valence-corrected chi connectivity index (χ3v) is 7.88. The maximum Gasteiger partial charge on any atom is 0.243 e. The SMILES string of the molecule is CC(C)c1ccc(S(=O)(=O)N2CCN(C(=O)[C@@H]3COc4ccccc4C3)CC2)cc1. The Hall–Kier alpha value is -2.38. The lowest BCUT2D eigenvalue weighted by molar-refractivity contribution is -0.138. The Balaban J connectivity index is 1.38. The Kier molecular flexibility index (Phi) is 5.84. The van der Waals surface area contributed by atoms with Crippen molar-refractivity contribution >= 4 is 15.9 Å². The zero-order valence-electron chi connectivity index (χ0n) is 17.5. The molecule has 0 aliphatic carbocycles. The molecule has 0 spiro atoms. The van der Waals surface area contributed by atoms with Gasteiger partial charge in [-0.3, -0.25) is 4.79 Å². The fraction of sp³-hybridized carbons (Fsp3) is 0.435. The van der Waals surface area contributed by atoms with Crippen molar-refractivity contribution in [2.45, 2.75) is 31.1 Å². The van der Waals surface area contributed by atoms with Gasteiger partial charge in [-0.25, -0.2) is 8.42 Å². The van der Waals surface area contributed by atoms with Crippen molar-refractivity contribution in [1.29, 1.82) is 0 Å². The summed E-state index contributed by atoms with van der Waals surface area (Å²) in [5.74, 6) is 1.03. The summed E-state index contributed by atoms with van der Waals surface area (Å²) in [6.07, 6.45) is 0.662. The monoisotopic (exact) mass is 428 g/mol. The van der Waals surface area contributed by atoms with E-state index in [-0.39, 0.29) is 11.8 Å². The first-order valence-electron chi connectivity index (χ1n) is 10.5. The van der Waals surface area contributed by atoms with Crippen molar-refractivity contribution < 1.29 is 17.9 Å². The Morgan fingerprint density at radius 3 is 2.33 bits per heavy atom. The molecule has 2 aromatic carbocycles. The highest BCUT2D eigenvalue weighted by molar-refractivity contribution is 7.89. The van der Waals surface area contributed by atoms with Crippen LogP contribution >= 0.6 is 0 Å². The summed E-state index contributed by atoms with van der Waals surface area (Å²) in [7, 11) is -3.55. The van der Waals surface area contributed by atoms with Gasteiger partial charge in [0.1, 0.15) is 12.4 Å². The molecule has 0 radical (unpaired) electrons. The highest BCUT2D eigenvalue weighted by Crippen LogP contribution is 2.28. The maximum atomic E-state index is 13.0. The molecular formula is C23H28N2O4S. The molecule has 2 heterocycles. The van der Waals surface area contributed by atoms with Gasteiger partial charge in [0.2, 0.25) is 15.9 Å². The van der Waals surface area contributed by atoms with Crippen LogP contribution in [-0.2, 0) is 21.2 Å². The third-order valence-electron chi connectivity index (χ3n) is 5.96. The van der Waals surface area contributed by atoms with Crippen molar-refractivity contribution in [3.05, 3.63) is 59.7 Å². The van der Waals surface area contributed by atoms with E-state index in [9.17, 15) is 13.2 Å². The molecule has 2 aliphatic heterocycles. The van der Waals surface area contributed by atoms with Crippen LogP contribution in [0.4, 0.5) is 0 Å². The van der Waals surface area contributed by atoms with Gasteiger partial charge in [0.05, 0.1) is 10.8 Å². The Labute approximate surface area is 178 Å². The van der Waals surface area contributed by atoms with Crippen LogP contribution in [0.1, 0.15) is 30.9 Å². The van der Waals surface area contributed by atoms with Crippen molar-refractivity contribution in [2.75, 3.05) is 32.8 Å². The second kappa shape index (κ2) is 8.40. The molecule has 1 atom stereocenters. The van der Waals surface area contributed by atoms with Crippen molar-refractivity contribution in [2.24, 2.45) is 5.92 Å². The first kappa shape index (κ1) is 20.9. The number of hydrogen-bond acceptors (Lipinski definition) is 4. The first-order chi connectivity index (χ1) is 14.4. The van der Waals surface area contributed by atoms with Crippen LogP contribution in [0.15, 0.2) is 53.4 Å². The molecule has 2 aromatic rings. The second-order valence-electron chi connectivity index (χ2n) is 8.27. The van der Waals surface area contributed by atoms with E-state index in [1.54, 1.807) is 17.0 Å². The second-order valence-corrected chi connectivity index (χ2v) is 10.2. The van der Waals surface area contributed by atoms with Gasteiger partial charge in [-0.05, 0) is 41.7 Å². The minimum Gasteiger partial charge on any atom is -0.492 e. The Bertz CT molecular complexity index is 1010. The summed E-state index contributed by atoms with van der Waals surface area (Å²) in [6.45, 7) is 5.96. The van der Waals surface area contributed by atoms with Crippen molar-refractivity contribution in [3.63, 3.8) is 0 Å². The van der Waals surface area contributed by atoms with Gasteiger partial charge >= 0.3 is 0 Å². The summed E-state index contributed by atoms with van der Waals surface area (Å²) < 4.78 is 33.2. The number of rotatable bonds is 4. The lowest BCUT2D eigenvalue weighted by Gasteiger charge is -2.36. The molecule has 1 amide bonds. The summed E-state index contributed by atoms with van der Waals surface area (Å²) >= 11 is 0. The minimum atomic E-state index is -3.55. The summed E-state index contributed by atoms with van der Waals surface area (Å²) in [5.41, 5.74) is 2.16. The summed E-state index contributed by atoms with van der Waals surface area (Å²) in [5, 5.41) is 0. The largest absolute Gasteiger partial charge is 0.492 e. The van der Waals surface area contributed by atoms with Gasteiger partial charge in [-0.1, -0.05) is 44.2 Å². The highest BCUT2D eigenvalue weighted by atomic mass is 32.2. The van der Waals surface area contributed by atoms with Crippen LogP contribution in [0.2, 0.25) is 0 Å². The molecule has 0 unspecified atom stereocenters. The molecule has 4 rings (SSSR count). The average Bonchev–Trinajstić information content (AvgIpc) is 2.78. The lowest BCUT2D eigenvalue weighted by atomic mass is 9.95. The lowest BCUT2D eigenvalue weighted by Crippen LogP contribution is -2.52. The molecule has 30 heavy (non-hydrogen) atoms. The van der Waals surface area contributed by atoms with E-state index < -0.39 is 10.0 Å². The molecule has 7 heteroatoms. The fourth-order valence-corrected chi connectivity index (χ4v) is 5.49. The number of sulfonamides is 1. The number of carbonyl (C=O) groups excluding carboxylic acids is 1. The minimum absolute atomic E-state index is 0.0443. The molecule has 2 aliphatic rings. The zero-order valence-corrected chi connectivity index (χ0v) is 18.3. The molecule has 0 bridgehead atoms. The Morgan fingerprint density at radius 1 is 1.00 bits per heavy atom. The topological polar surface area (TPSA) is 66.9 Å². The first-order valence-corrected chi connectivity index (χ1v) is 11.9. The van der Waals surface area contributed by atoms with E-state index >= 15 is 0 Å². The molecule has 0 saturated carbocycles. The maximum absolute atomic E-state index is 13.0. The van der Waals surface area contributed by atoms with Gasteiger partial charge in [0, 0.05) is 26.2 Å². The summed E-state index contributed by atoms with van der Waals surface area (Å²) in [4.78, 5) is 15.1.